The monoisotopic (exact) mass is 476 g/mol. The van der Waals surface area contributed by atoms with Crippen molar-refractivity contribution in [3.05, 3.63) is 89.2 Å². The summed E-state index contributed by atoms with van der Waals surface area (Å²) >= 11 is 11.4. The molecular weight excluding hydrogens is 455 g/mol. The first-order chi connectivity index (χ1) is 15.3. The van der Waals surface area contributed by atoms with Gasteiger partial charge in [0.2, 0.25) is 0 Å². The summed E-state index contributed by atoms with van der Waals surface area (Å²) in [4.78, 5) is 52.2. The fourth-order valence-electron chi connectivity index (χ4n) is 3.34. The molecule has 0 aliphatic carbocycles. The van der Waals surface area contributed by atoms with Crippen molar-refractivity contribution >= 4 is 45.0 Å². The third kappa shape index (κ3) is 4.56. The Hall–Kier alpha value is -3.10. The summed E-state index contributed by atoms with van der Waals surface area (Å²) in [6.07, 6.45) is 0. The predicted octanol–water partition coefficient (Wildman–Crippen LogP) is 2.90. The van der Waals surface area contributed by atoms with E-state index in [9.17, 15) is 19.2 Å². The van der Waals surface area contributed by atoms with Gasteiger partial charge in [-0.3, -0.25) is 18.7 Å². The number of aromatic amines is 2. The van der Waals surface area contributed by atoms with Gasteiger partial charge in [0.25, 0.3) is 11.1 Å². The molecule has 0 fully saturated rings. The van der Waals surface area contributed by atoms with Crippen LogP contribution >= 0.6 is 23.2 Å². The Morgan fingerprint density at radius 1 is 0.688 bits per heavy atom. The van der Waals surface area contributed by atoms with Crippen molar-refractivity contribution in [2.75, 3.05) is 0 Å². The SMILES string of the molecule is CCn1c(=O)[nH]c2cc(CCl)ccc2c1=O.CCn1c(=O)[nH]c2cc(CCl)ccc2c1=O. The van der Waals surface area contributed by atoms with Crippen LogP contribution in [0.25, 0.3) is 21.8 Å². The Labute approximate surface area is 192 Å². The number of alkyl halides is 2. The Kier molecular flexibility index (Phi) is 7.37. The lowest BCUT2D eigenvalue weighted by molar-refractivity contribution is 0.684. The first-order valence-corrected chi connectivity index (χ1v) is 11.0. The summed E-state index contributed by atoms with van der Waals surface area (Å²) in [5.41, 5.74) is 1.54. The van der Waals surface area contributed by atoms with Gasteiger partial charge in [0.05, 0.1) is 21.8 Å². The van der Waals surface area contributed by atoms with Crippen LogP contribution in [0.1, 0.15) is 25.0 Å². The molecule has 0 aliphatic rings. The molecule has 2 aromatic carbocycles. The third-order valence-electron chi connectivity index (χ3n) is 5.03. The van der Waals surface area contributed by atoms with Gasteiger partial charge in [-0.1, -0.05) is 12.1 Å². The largest absolute Gasteiger partial charge is 0.328 e. The maximum Gasteiger partial charge on any atom is 0.328 e. The minimum Gasteiger partial charge on any atom is -0.307 e. The number of H-pyrrole nitrogens is 2. The maximum atomic E-state index is 11.9. The number of fused-ring (bicyclic) bond motifs is 2. The molecule has 2 aromatic heterocycles. The minimum atomic E-state index is -0.383. The summed E-state index contributed by atoms with van der Waals surface area (Å²) in [5, 5.41) is 1.02. The molecule has 168 valence electrons. The van der Waals surface area contributed by atoms with Crippen molar-refractivity contribution in [1.82, 2.24) is 19.1 Å². The molecule has 0 amide bonds. The number of nitrogens with zero attached hydrogens (tertiary/aromatic N) is 2. The van der Waals surface area contributed by atoms with Crippen molar-refractivity contribution in [3.8, 4) is 0 Å². The van der Waals surface area contributed by atoms with Crippen molar-refractivity contribution in [1.29, 1.82) is 0 Å². The number of aromatic nitrogens is 4. The molecule has 0 bridgehead atoms. The molecule has 0 atom stereocenters. The van der Waals surface area contributed by atoms with Crippen LogP contribution in [0.15, 0.2) is 55.6 Å². The lowest BCUT2D eigenvalue weighted by atomic mass is 10.2. The topological polar surface area (TPSA) is 110 Å². The van der Waals surface area contributed by atoms with Gasteiger partial charge in [-0.2, -0.15) is 0 Å². The van der Waals surface area contributed by atoms with Crippen LogP contribution in [0, 0.1) is 0 Å². The summed E-state index contributed by atoms with van der Waals surface area (Å²) in [7, 11) is 0. The fourth-order valence-corrected chi connectivity index (χ4v) is 3.68. The standard InChI is InChI=1S/2C11H11ClN2O2/c2*1-2-14-10(15)8-4-3-7(6-12)5-9(8)13-11(14)16/h2*3-5H,2,6H2,1H3,(H,13,16). The van der Waals surface area contributed by atoms with Gasteiger partial charge in [-0.25, -0.2) is 9.59 Å². The van der Waals surface area contributed by atoms with E-state index in [1.54, 1.807) is 50.2 Å². The summed E-state index contributed by atoms with van der Waals surface area (Å²) in [6, 6.07) is 10.4. The Morgan fingerprint density at radius 2 is 1.06 bits per heavy atom. The van der Waals surface area contributed by atoms with E-state index in [2.05, 4.69) is 9.97 Å². The van der Waals surface area contributed by atoms with E-state index in [0.29, 0.717) is 46.7 Å². The average Bonchev–Trinajstić information content (AvgIpc) is 2.79. The van der Waals surface area contributed by atoms with Crippen LogP contribution in [0.3, 0.4) is 0 Å². The second-order valence-corrected chi connectivity index (χ2v) is 7.52. The van der Waals surface area contributed by atoms with E-state index in [0.717, 1.165) is 11.1 Å². The van der Waals surface area contributed by atoms with Gasteiger partial charge in [-0.05, 0) is 49.2 Å². The normalized spacial score (nSPS) is 10.9. The highest BCUT2D eigenvalue weighted by Crippen LogP contribution is 2.11. The molecule has 8 nitrogen and oxygen atoms in total. The zero-order valence-electron chi connectivity index (χ0n) is 17.6. The highest BCUT2D eigenvalue weighted by Gasteiger charge is 2.07. The summed E-state index contributed by atoms with van der Waals surface area (Å²) in [5.74, 6) is 0.712. The van der Waals surface area contributed by atoms with E-state index in [-0.39, 0.29) is 22.5 Å². The van der Waals surface area contributed by atoms with Crippen molar-refractivity contribution in [3.63, 3.8) is 0 Å². The zero-order valence-corrected chi connectivity index (χ0v) is 19.1. The van der Waals surface area contributed by atoms with Crippen LogP contribution in [0.5, 0.6) is 0 Å². The van der Waals surface area contributed by atoms with Gasteiger partial charge < -0.3 is 9.97 Å². The van der Waals surface area contributed by atoms with Gasteiger partial charge in [-0.15, -0.1) is 23.2 Å². The Morgan fingerprint density at radius 3 is 1.38 bits per heavy atom. The highest BCUT2D eigenvalue weighted by atomic mass is 35.5. The van der Waals surface area contributed by atoms with Crippen molar-refractivity contribution < 1.29 is 0 Å². The van der Waals surface area contributed by atoms with E-state index < -0.39 is 0 Å². The molecule has 0 aliphatic heterocycles. The maximum absolute atomic E-state index is 11.9. The molecule has 0 spiro atoms. The molecule has 4 rings (SSSR count). The summed E-state index contributed by atoms with van der Waals surface area (Å²) in [6.45, 7) is 4.24. The molecule has 2 N–H and O–H groups in total. The van der Waals surface area contributed by atoms with E-state index >= 15 is 0 Å². The van der Waals surface area contributed by atoms with Gasteiger partial charge in [0.15, 0.2) is 0 Å². The minimum absolute atomic E-state index is 0.262. The number of benzene rings is 2. The summed E-state index contributed by atoms with van der Waals surface area (Å²) < 4.78 is 2.34. The number of hydrogen-bond acceptors (Lipinski definition) is 4. The zero-order chi connectivity index (χ0) is 23.4. The third-order valence-corrected chi connectivity index (χ3v) is 5.65. The lowest BCUT2D eigenvalue weighted by Gasteiger charge is -2.04. The van der Waals surface area contributed by atoms with Crippen molar-refractivity contribution in [2.45, 2.75) is 38.7 Å². The highest BCUT2D eigenvalue weighted by molar-refractivity contribution is 6.17. The predicted molar refractivity (Wildman–Crippen MR) is 128 cm³/mol. The molecule has 0 radical (unpaired) electrons. The van der Waals surface area contributed by atoms with Crippen LogP contribution in [0.4, 0.5) is 0 Å². The van der Waals surface area contributed by atoms with Crippen molar-refractivity contribution in [2.24, 2.45) is 0 Å². The van der Waals surface area contributed by atoms with Crippen LogP contribution in [-0.4, -0.2) is 19.1 Å². The molecule has 0 saturated carbocycles. The van der Waals surface area contributed by atoms with E-state index in [1.165, 1.54) is 9.13 Å². The number of rotatable bonds is 4. The van der Waals surface area contributed by atoms with Gasteiger partial charge in [0, 0.05) is 24.8 Å². The molecule has 32 heavy (non-hydrogen) atoms. The number of nitrogens with one attached hydrogen (secondary N) is 2. The van der Waals surface area contributed by atoms with Crippen LogP contribution in [-0.2, 0) is 24.8 Å². The lowest BCUT2D eigenvalue weighted by Crippen LogP contribution is -2.34. The Balaban J connectivity index is 0.000000181. The molecule has 10 heteroatoms. The van der Waals surface area contributed by atoms with Crippen LogP contribution < -0.4 is 22.5 Å². The second-order valence-electron chi connectivity index (χ2n) is 6.99. The quantitative estimate of drug-likeness (QED) is 0.441. The fraction of sp³-hybridized carbons (Fsp3) is 0.273. The van der Waals surface area contributed by atoms with E-state index in [1.807, 2.05) is 0 Å². The molecule has 4 aromatic rings. The molecule has 2 heterocycles. The van der Waals surface area contributed by atoms with Crippen LogP contribution in [0.2, 0.25) is 0 Å². The Bertz CT molecular complexity index is 1400. The molecule has 0 saturated heterocycles. The van der Waals surface area contributed by atoms with Gasteiger partial charge >= 0.3 is 11.4 Å². The number of hydrogen-bond donors (Lipinski definition) is 2. The molecular formula is C22H22Cl2N4O4. The van der Waals surface area contributed by atoms with Gasteiger partial charge in [0.1, 0.15) is 0 Å². The molecule has 0 unspecified atom stereocenters. The number of halogens is 2. The average molecular weight is 477 g/mol. The second kappa shape index (κ2) is 10.0. The van der Waals surface area contributed by atoms with E-state index in [4.69, 9.17) is 23.2 Å². The first-order valence-electron chi connectivity index (χ1n) is 9.98. The first kappa shape index (κ1) is 23.6. The smallest absolute Gasteiger partial charge is 0.307 e.